The van der Waals surface area contributed by atoms with Crippen molar-refractivity contribution in [1.29, 1.82) is 0 Å². The van der Waals surface area contributed by atoms with Crippen molar-refractivity contribution in [3.05, 3.63) is 35.4 Å². The Hall–Kier alpha value is -0.900. The molecule has 1 saturated heterocycles. The van der Waals surface area contributed by atoms with E-state index < -0.39 is 0 Å². The van der Waals surface area contributed by atoms with Crippen LogP contribution in [-0.2, 0) is 17.7 Å². The van der Waals surface area contributed by atoms with Crippen LogP contribution in [0.5, 0.6) is 0 Å². The lowest BCUT2D eigenvalue weighted by atomic mass is 10.0. The number of ether oxygens (including phenoxy) is 1. The molecule has 3 nitrogen and oxygen atoms in total. The lowest BCUT2D eigenvalue weighted by molar-refractivity contribution is 0.0206. The average molecular weight is 248 g/mol. The zero-order chi connectivity index (χ0) is 12.8. The lowest BCUT2D eigenvalue weighted by Gasteiger charge is -2.23. The Morgan fingerprint density at radius 1 is 1.33 bits per heavy atom. The van der Waals surface area contributed by atoms with Crippen molar-refractivity contribution in [2.75, 3.05) is 19.7 Å². The molecule has 3 heteroatoms. The van der Waals surface area contributed by atoms with Crippen LogP contribution >= 0.6 is 0 Å². The van der Waals surface area contributed by atoms with Gasteiger partial charge in [0.05, 0.1) is 5.60 Å². The van der Waals surface area contributed by atoms with E-state index in [9.17, 15) is 0 Å². The first-order valence-corrected chi connectivity index (χ1v) is 6.85. The van der Waals surface area contributed by atoms with E-state index in [4.69, 9.17) is 10.5 Å². The summed E-state index contributed by atoms with van der Waals surface area (Å²) in [6.07, 6.45) is 3.29. The van der Waals surface area contributed by atoms with Gasteiger partial charge in [-0.1, -0.05) is 24.3 Å². The maximum absolute atomic E-state index is 5.77. The molecule has 0 aromatic heterocycles. The van der Waals surface area contributed by atoms with Gasteiger partial charge in [-0.25, -0.2) is 0 Å². The van der Waals surface area contributed by atoms with E-state index in [1.807, 2.05) is 0 Å². The number of nitrogens with two attached hydrogens (primary N) is 1. The molecule has 0 aliphatic carbocycles. The summed E-state index contributed by atoms with van der Waals surface area (Å²) in [5.74, 6) is 0. The monoisotopic (exact) mass is 248 g/mol. The molecule has 1 aliphatic rings. The number of rotatable bonds is 6. The van der Waals surface area contributed by atoms with Crippen molar-refractivity contribution in [3.8, 4) is 0 Å². The first-order valence-electron chi connectivity index (χ1n) is 6.85. The van der Waals surface area contributed by atoms with Crippen LogP contribution in [0.25, 0.3) is 0 Å². The van der Waals surface area contributed by atoms with Crippen LogP contribution in [0, 0.1) is 0 Å². The Bertz CT molecular complexity index is 373. The van der Waals surface area contributed by atoms with Crippen LogP contribution in [-0.4, -0.2) is 25.3 Å². The van der Waals surface area contributed by atoms with Crippen molar-refractivity contribution in [3.63, 3.8) is 0 Å². The van der Waals surface area contributed by atoms with Gasteiger partial charge in [-0.05, 0) is 43.9 Å². The number of hydrogen-bond acceptors (Lipinski definition) is 3. The van der Waals surface area contributed by atoms with Crippen molar-refractivity contribution in [2.24, 2.45) is 5.73 Å². The molecule has 0 amide bonds. The topological polar surface area (TPSA) is 47.3 Å². The van der Waals surface area contributed by atoms with E-state index in [0.717, 1.165) is 32.5 Å². The van der Waals surface area contributed by atoms with Gasteiger partial charge in [0.25, 0.3) is 0 Å². The Kier molecular flexibility index (Phi) is 4.75. The normalized spacial score (nSPS) is 23.4. The van der Waals surface area contributed by atoms with Gasteiger partial charge in [-0.15, -0.1) is 0 Å². The maximum atomic E-state index is 5.77. The third kappa shape index (κ3) is 3.55. The summed E-state index contributed by atoms with van der Waals surface area (Å²) in [6.45, 7) is 5.62. The lowest BCUT2D eigenvalue weighted by Crippen LogP contribution is -2.37. The van der Waals surface area contributed by atoms with Gasteiger partial charge in [0, 0.05) is 19.7 Å². The number of nitrogens with one attached hydrogen (secondary N) is 1. The zero-order valence-electron chi connectivity index (χ0n) is 11.2. The fourth-order valence-electron chi connectivity index (χ4n) is 2.57. The summed E-state index contributed by atoms with van der Waals surface area (Å²) in [5, 5.41) is 3.52. The van der Waals surface area contributed by atoms with Crippen LogP contribution in [0.4, 0.5) is 0 Å². The van der Waals surface area contributed by atoms with E-state index in [2.05, 4.69) is 36.5 Å². The van der Waals surface area contributed by atoms with E-state index in [1.165, 1.54) is 17.5 Å². The van der Waals surface area contributed by atoms with Gasteiger partial charge in [0.1, 0.15) is 0 Å². The van der Waals surface area contributed by atoms with Gasteiger partial charge in [-0.3, -0.25) is 0 Å². The summed E-state index contributed by atoms with van der Waals surface area (Å²) in [6, 6.07) is 8.51. The Morgan fingerprint density at radius 3 is 2.78 bits per heavy atom. The molecular weight excluding hydrogens is 224 g/mol. The van der Waals surface area contributed by atoms with Gasteiger partial charge >= 0.3 is 0 Å². The standard InChI is InChI=1S/C15H24N2O/c1-15(8-4-10-18-15)12-17-11-14-6-3-2-5-13(14)7-9-16/h2-3,5-6,17H,4,7-12,16H2,1H3. The van der Waals surface area contributed by atoms with Gasteiger partial charge in [-0.2, -0.15) is 0 Å². The molecule has 1 aromatic rings. The molecule has 0 radical (unpaired) electrons. The van der Waals surface area contributed by atoms with Crippen LogP contribution in [0.2, 0.25) is 0 Å². The third-order valence-electron chi connectivity index (χ3n) is 3.65. The molecule has 1 aromatic carbocycles. The molecule has 3 N–H and O–H groups in total. The van der Waals surface area contributed by atoms with Crippen molar-refractivity contribution in [2.45, 2.75) is 38.3 Å². The van der Waals surface area contributed by atoms with Crippen molar-refractivity contribution < 1.29 is 4.74 Å². The Labute approximate surface area is 110 Å². The predicted molar refractivity (Wildman–Crippen MR) is 74.5 cm³/mol. The SMILES string of the molecule is CC1(CNCc2ccccc2CCN)CCCO1. The Balaban J connectivity index is 1.86. The third-order valence-corrected chi connectivity index (χ3v) is 3.65. The predicted octanol–water partition coefficient (Wildman–Crippen LogP) is 1.85. The summed E-state index contributed by atoms with van der Waals surface area (Å²) in [5.41, 5.74) is 8.37. The second kappa shape index (κ2) is 6.32. The quantitative estimate of drug-likeness (QED) is 0.807. The van der Waals surface area contributed by atoms with Crippen LogP contribution in [0.3, 0.4) is 0 Å². The summed E-state index contributed by atoms with van der Waals surface area (Å²) in [7, 11) is 0. The summed E-state index contributed by atoms with van der Waals surface area (Å²) in [4.78, 5) is 0. The van der Waals surface area contributed by atoms with Crippen LogP contribution < -0.4 is 11.1 Å². The highest BCUT2D eigenvalue weighted by Gasteiger charge is 2.28. The highest BCUT2D eigenvalue weighted by molar-refractivity contribution is 5.27. The van der Waals surface area contributed by atoms with Crippen molar-refractivity contribution in [1.82, 2.24) is 5.32 Å². The second-order valence-corrected chi connectivity index (χ2v) is 5.31. The molecule has 18 heavy (non-hydrogen) atoms. The molecule has 1 fully saturated rings. The first kappa shape index (κ1) is 13.5. The van der Waals surface area contributed by atoms with Gasteiger partial charge in [0.2, 0.25) is 0 Å². The molecular formula is C15H24N2O. The fourth-order valence-corrected chi connectivity index (χ4v) is 2.57. The van der Waals surface area contributed by atoms with Crippen LogP contribution in [0.15, 0.2) is 24.3 Å². The highest BCUT2D eigenvalue weighted by atomic mass is 16.5. The fraction of sp³-hybridized carbons (Fsp3) is 0.600. The molecule has 0 bridgehead atoms. The molecule has 1 unspecified atom stereocenters. The van der Waals surface area contributed by atoms with Gasteiger partial charge < -0.3 is 15.8 Å². The largest absolute Gasteiger partial charge is 0.374 e. The van der Waals surface area contributed by atoms with Crippen LogP contribution in [0.1, 0.15) is 30.9 Å². The van der Waals surface area contributed by atoms with Crippen molar-refractivity contribution >= 4 is 0 Å². The smallest absolute Gasteiger partial charge is 0.0779 e. The molecule has 100 valence electrons. The minimum atomic E-state index is 0.0306. The maximum Gasteiger partial charge on any atom is 0.0779 e. The number of benzene rings is 1. The molecule has 1 atom stereocenters. The summed E-state index contributed by atoms with van der Waals surface area (Å²) >= 11 is 0. The minimum Gasteiger partial charge on any atom is -0.374 e. The first-order chi connectivity index (χ1) is 8.73. The molecule has 2 rings (SSSR count). The second-order valence-electron chi connectivity index (χ2n) is 5.31. The Morgan fingerprint density at radius 2 is 2.11 bits per heavy atom. The van der Waals surface area contributed by atoms with E-state index in [1.54, 1.807) is 0 Å². The van der Waals surface area contributed by atoms with E-state index in [-0.39, 0.29) is 5.60 Å². The zero-order valence-corrected chi connectivity index (χ0v) is 11.2. The molecule has 0 spiro atoms. The minimum absolute atomic E-state index is 0.0306. The number of hydrogen-bond donors (Lipinski definition) is 2. The molecule has 1 heterocycles. The highest BCUT2D eigenvalue weighted by Crippen LogP contribution is 2.24. The van der Waals surface area contributed by atoms with E-state index >= 15 is 0 Å². The average Bonchev–Trinajstić information content (AvgIpc) is 2.79. The van der Waals surface area contributed by atoms with E-state index in [0.29, 0.717) is 6.54 Å². The summed E-state index contributed by atoms with van der Waals surface area (Å²) < 4.78 is 5.77. The molecule has 0 saturated carbocycles. The molecule has 1 aliphatic heterocycles. The van der Waals surface area contributed by atoms with Gasteiger partial charge in [0.15, 0.2) is 0 Å².